The zero-order chi connectivity index (χ0) is 12.1. The van der Waals surface area contributed by atoms with Crippen molar-refractivity contribution in [1.82, 2.24) is 0 Å². The fraction of sp³-hybridized carbons (Fsp3) is 0.200. The van der Waals surface area contributed by atoms with E-state index in [1.807, 2.05) is 0 Å². The van der Waals surface area contributed by atoms with E-state index < -0.39 is 23.6 Å². The van der Waals surface area contributed by atoms with Gasteiger partial charge in [0.2, 0.25) is 5.91 Å². The number of aliphatic carboxylic acids is 1. The van der Waals surface area contributed by atoms with Crippen LogP contribution in [0.4, 0.5) is 10.1 Å². The average molecular weight is 243 g/mol. The fourth-order valence-corrected chi connectivity index (χ4v) is 1.36. The number of carboxylic acids is 1. The first-order chi connectivity index (χ1) is 7.54. The smallest absolute Gasteiger partial charge is 0.316 e. The number of nitrogens with one attached hydrogen (secondary N) is 1. The molecule has 0 aliphatic rings. The molecule has 0 saturated heterocycles. The van der Waals surface area contributed by atoms with Gasteiger partial charge >= 0.3 is 5.97 Å². The predicted octanol–water partition coefficient (Wildman–Crippen LogP) is 1.39. The van der Waals surface area contributed by atoms with E-state index >= 15 is 0 Å². The van der Waals surface area contributed by atoms with Gasteiger partial charge in [0.1, 0.15) is 11.7 Å². The molecule has 86 valence electrons. The molecule has 1 aromatic carbocycles. The number of benzene rings is 1. The minimum absolute atomic E-state index is 0.0949. The molecule has 0 heterocycles. The number of halogens is 1. The van der Waals surface area contributed by atoms with Crippen LogP contribution < -0.4 is 5.32 Å². The fourth-order valence-electron chi connectivity index (χ4n) is 1.04. The maximum absolute atomic E-state index is 12.6. The number of hydrogen-bond acceptors (Lipinski definition) is 3. The molecule has 16 heavy (non-hydrogen) atoms. The standard InChI is InChI=1S/C10H10FNO3S/c11-6-1-3-7(4-2-6)12-9(13)8(5-16)10(14)15/h1-4,8,16H,5H2,(H,12,13)(H,14,15)/t8-/m1/s1. The molecule has 0 bridgehead atoms. The molecule has 1 amide bonds. The van der Waals surface area contributed by atoms with Crippen molar-refractivity contribution in [2.75, 3.05) is 11.1 Å². The van der Waals surface area contributed by atoms with Crippen molar-refractivity contribution in [3.8, 4) is 0 Å². The molecule has 0 fully saturated rings. The summed E-state index contributed by atoms with van der Waals surface area (Å²) in [6.07, 6.45) is 0. The van der Waals surface area contributed by atoms with E-state index in [1.165, 1.54) is 24.3 Å². The Balaban J connectivity index is 2.70. The van der Waals surface area contributed by atoms with E-state index in [4.69, 9.17) is 5.11 Å². The summed E-state index contributed by atoms with van der Waals surface area (Å²) in [5, 5.41) is 11.1. The quantitative estimate of drug-likeness (QED) is 0.553. The maximum Gasteiger partial charge on any atom is 0.316 e. The number of carbonyl (C=O) groups is 2. The van der Waals surface area contributed by atoms with Crippen molar-refractivity contribution in [1.29, 1.82) is 0 Å². The molecule has 1 atom stereocenters. The highest BCUT2D eigenvalue weighted by Gasteiger charge is 2.24. The first kappa shape index (κ1) is 12.5. The summed E-state index contributed by atoms with van der Waals surface area (Å²) >= 11 is 3.78. The van der Waals surface area contributed by atoms with Gasteiger partial charge in [-0.15, -0.1) is 0 Å². The van der Waals surface area contributed by atoms with Crippen LogP contribution in [-0.2, 0) is 9.59 Å². The third kappa shape index (κ3) is 3.23. The summed E-state index contributed by atoms with van der Waals surface area (Å²) in [4.78, 5) is 22.1. The van der Waals surface area contributed by atoms with Crippen LogP contribution in [0.1, 0.15) is 0 Å². The number of rotatable bonds is 4. The van der Waals surface area contributed by atoms with E-state index in [0.717, 1.165) is 0 Å². The molecule has 1 aromatic rings. The third-order valence-corrected chi connectivity index (χ3v) is 2.27. The zero-order valence-corrected chi connectivity index (χ0v) is 9.08. The number of thiol groups is 1. The van der Waals surface area contributed by atoms with Gasteiger partial charge in [0, 0.05) is 11.4 Å². The minimum atomic E-state index is -1.24. The second-order valence-electron chi connectivity index (χ2n) is 3.07. The summed E-state index contributed by atoms with van der Waals surface area (Å²) in [6, 6.07) is 5.05. The van der Waals surface area contributed by atoms with Crippen molar-refractivity contribution < 1.29 is 19.1 Å². The lowest BCUT2D eigenvalue weighted by Gasteiger charge is -2.10. The van der Waals surface area contributed by atoms with E-state index in [0.29, 0.717) is 5.69 Å². The topological polar surface area (TPSA) is 66.4 Å². The number of amides is 1. The Kier molecular flexibility index (Phi) is 4.30. The molecule has 0 spiro atoms. The molecule has 0 radical (unpaired) electrons. The number of carbonyl (C=O) groups excluding carboxylic acids is 1. The van der Waals surface area contributed by atoms with Crippen molar-refractivity contribution in [3.63, 3.8) is 0 Å². The summed E-state index contributed by atoms with van der Waals surface area (Å²) in [5.74, 6) is -3.65. The normalized spacial score (nSPS) is 11.9. The van der Waals surface area contributed by atoms with Gasteiger partial charge in [-0.2, -0.15) is 12.6 Å². The molecule has 2 N–H and O–H groups in total. The number of anilines is 1. The molecule has 0 aliphatic carbocycles. The second kappa shape index (κ2) is 5.50. The van der Waals surface area contributed by atoms with Crippen molar-refractivity contribution >= 4 is 30.2 Å². The lowest BCUT2D eigenvalue weighted by Crippen LogP contribution is -2.30. The Hall–Kier alpha value is -1.56. The molecular formula is C10H10FNO3S. The Morgan fingerprint density at radius 2 is 1.94 bits per heavy atom. The van der Waals surface area contributed by atoms with E-state index in [2.05, 4.69) is 17.9 Å². The summed E-state index contributed by atoms with van der Waals surface area (Å²) in [6.45, 7) is 0. The Labute approximate surface area is 96.9 Å². The van der Waals surface area contributed by atoms with Gasteiger partial charge in [0.15, 0.2) is 0 Å². The van der Waals surface area contributed by atoms with Crippen LogP contribution in [-0.4, -0.2) is 22.7 Å². The SMILES string of the molecule is O=C(O)[C@H](CS)C(=O)Nc1ccc(F)cc1. The first-order valence-electron chi connectivity index (χ1n) is 4.44. The van der Waals surface area contributed by atoms with Gasteiger partial charge in [0.25, 0.3) is 0 Å². The van der Waals surface area contributed by atoms with Gasteiger partial charge in [-0.1, -0.05) is 0 Å². The van der Waals surface area contributed by atoms with Gasteiger partial charge in [-0.05, 0) is 24.3 Å². The maximum atomic E-state index is 12.6. The molecule has 4 nitrogen and oxygen atoms in total. The van der Waals surface area contributed by atoms with Crippen molar-refractivity contribution in [2.45, 2.75) is 0 Å². The van der Waals surface area contributed by atoms with Crippen LogP contribution in [0.2, 0.25) is 0 Å². The second-order valence-corrected chi connectivity index (χ2v) is 3.43. The van der Waals surface area contributed by atoms with E-state index in [9.17, 15) is 14.0 Å². The Morgan fingerprint density at radius 3 is 2.38 bits per heavy atom. The van der Waals surface area contributed by atoms with Crippen LogP contribution >= 0.6 is 12.6 Å². The highest BCUT2D eigenvalue weighted by Crippen LogP contribution is 2.10. The molecular weight excluding hydrogens is 233 g/mol. The van der Waals surface area contributed by atoms with Gasteiger partial charge in [-0.25, -0.2) is 4.39 Å². The molecule has 0 aliphatic heterocycles. The minimum Gasteiger partial charge on any atom is -0.481 e. The summed E-state index contributed by atoms with van der Waals surface area (Å²) < 4.78 is 12.6. The molecule has 0 saturated carbocycles. The van der Waals surface area contributed by atoms with Crippen LogP contribution in [0.3, 0.4) is 0 Å². The van der Waals surface area contributed by atoms with E-state index in [-0.39, 0.29) is 5.75 Å². The van der Waals surface area contributed by atoms with E-state index in [1.54, 1.807) is 0 Å². The average Bonchev–Trinajstić information content (AvgIpc) is 2.22. The van der Waals surface area contributed by atoms with Crippen molar-refractivity contribution in [3.05, 3.63) is 30.1 Å². The number of hydrogen-bond donors (Lipinski definition) is 3. The molecule has 0 unspecified atom stereocenters. The van der Waals surface area contributed by atoms with Crippen LogP contribution in [0.15, 0.2) is 24.3 Å². The first-order valence-corrected chi connectivity index (χ1v) is 5.08. The lowest BCUT2D eigenvalue weighted by atomic mass is 10.1. The van der Waals surface area contributed by atoms with Crippen LogP contribution in [0.5, 0.6) is 0 Å². The molecule has 0 aromatic heterocycles. The summed E-state index contributed by atoms with van der Waals surface area (Å²) in [5.41, 5.74) is 0.347. The van der Waals surface area contributed by atoms with Gasteiger partial charge < -0.3 is 10.4 Å². The lowest BCUT2D eigenvalue weighted by molar-refractivity contribution is -0.144. The van der Waals surface area contributed by atoms with Crippen LogP contribution in [0.25, 0.3) is 0 Å². The largest absolute Gasteiger partial charge is 0.481 e. The van der Waals surface area contributed by atoms with Crippen molar-refractivity contribution in [2.24, 2.45) is 5.92 Å². The number of carboxylic acid groups (broad SMARTS) is 1. The predicted molar refractivity (Wildman–Crippen MR) is 60.0 cm³/mol. The monoisotopic (exact) mass is 243 g/mol. The highest BCUT2D eigenvalue weighted by atomic mass is 32.1. The Morgan fingerprint density at radius 1 is 1.38 bits per heavy atom. The zero-order valence-electron chi connectivity index (χ0n) is 8.18. The highest BCUT2D eigenvalue weighted by molar-refractivity contribution is 7.80. The van der Waals surface area contributed by atoms with Gasteiger partial charge in [-0.3, -0.25) is 9.59 Å². The molecule has 1 rings (SSSR count). The van der Waals surface area contributed by atoms with Crippen LogP contribution in [0, 0.1) is 11.7 Å². The third-order valence-electron chi connectivity index (χ3n) is 1.91. The van der Waals surface area contributed by atoms with Gasteiger partial charge in [0.05, 0.1) is 0 Å². The molecule has 6 heteroatoms. The summed E-state index contributed by atoms with van der Waals surface area (Å²) in [7, 11) is 0. The Bertz CT molecular complexity index is 394.